The summed E-state index contributed by atoms with van der Waals surface area (Å²) in [5.74, 6) is 1.54. The lowest BCUT2D eigenvalue weighted by molar-refractivity contribution is 0.0870. The number of nitrogens with zero attached hydrogens (tertiary/aromatic N) is 3. The fraction of sp³-hybridized carbons (Fsp3) is 0.500. The predicted molar refractivity (Wildman–Crippen MR) is 85.7 cm³/mol. The van der Waals surface area contributed by atoms with Gasteiger partial charge in [-0.25, -0.2) is 4.98 Å². The highest BCUT2D eigenvalue weighted by molar-refractivity contribution is 7.09. The SMILES string of the molecule is CC(C)(O)CN(Cc1ccccc1)c1nc(C2CC2)ns1. The van der Waals surface area contributed by atoms with E-state index in [0.717, 1.165) is 17.5 Å². The Labute approximate surface area is 129 Å². The van der Waals surface area contributed by atoms with Crippen LogP contribution in [0.4, 0.5) is 5.13 Å². The molecule has 4 nitrogen and oxygen atoms in total. The lowest BCUT2D eigenvalue weighted by Gasteiger charge is -2.28. The van der Waals surface area contributed by atoms with Crippen molar-refractivity contribution in [2.24, 2.45) is 0 Å². The van der Waals surface area contributed by atoms with Crippen molar-refractivity contribution in [3.63, 3.8) is 0 Å². The molecule has 1 aromatic heterocycles. The molecule has 2 aromatic rings. The molecule has 1 N–H and O–H groups in total. The Hall–Kier alpha value is -1.46. The fourth-order valence-corrected chi connectivity index (χ4v) is 3.07. The third-order valence-corrected chi connectivity index (χ3v) is 4.23. The second kappa shape index (κ2) is 5.73. The number of rotatable bonds is 6. The molecule has 3 rings (SSSR count). The van der Waals surface area contributed by atoms with E-state index in [1.165, 1.54) is 29.9 Å². The van der Waals surface area contributed by atoms with Crippen molar-refractivity contribution in [1.82, 2.24) is 9.36 Å². The van der Waals surface area contributed by atoms with Gasteiger partial charge in [0.1, 0.15) is 5.82 Å². The molecule has 0 aliphatic heterocycles. The van der Waals surface area contributed by atoms with Gasteiger partial charge < -0.3 is 10.0 Å². The summed E-state index contributed by atoms with van der Waals surface area (Å²) >= 11 is 1.44. The Morgan fingerprint density at radius 1 is 1.29 bits per heavy atom. The number of aliphatic hydroxyl groups is 1. The van der Waals surface area contributed by atoms with Gasteiger partial charge in [0.2, 0.25) is 5.13 Å². The lowest BCUT2D eigenvalue weighted by atomic mass is 10.1. The highest BCUT2D eigenvalue weighted by atomic mass is 32.1. The standard InChI is InChI=1S/C16H21N3OS/c1-16(2,20)11-19(10-12-6-4-3-5-7-12)15-17-14(18-21-15)13-8-9-13/h3-7,13,20H,8-11H2,1-2H3. The molecule has 0 saturated heterocycles. The van der Waals surface area contributed by atoms with Crippen LogP contribution in [-0.4, -0.2) is 26.6 Å². The molecule has 1 aliphatic carbocycles. The van der Waals surface area contributed by atoms with Crippen LogP contribution < -0.4 is 4.90 Å². The van der Waals surface area contributed by atoms with Crippen molar-refractivity contribution in [1.29, 1.82) is 0 Å². The third-order valence-electron chi connectivity index (χ3n) is 3.44. The summed E-state index contributed by atoms with van der Waals surface area (Å²) < 4.78 is 4.48. The van der Waals surface area contributed by atoms with E-state index in [-0.39, 0.29) is 0 Å². The molecule has 1 aliphatic rings. The minimum atomic E-state index is -0.764. The Kier molecular flexibility index (Phi) is 3.95. The van der Waals surface area contributed by atoms with Crippen LogP contribution in [0.1, 0.15) is 44.0 Å². The third kappa shape index (κ3) is 4.02. The minimum Gasteiger partial charge on any atom is -0.389 e. The zero-order valence-electron chi connectivity index (χ0n) is 12.5. The Balaban J connectivity index is 1.80. The second-order valence-corrected chi connectivity index (χ2v) is 7.09. The van der Waals surface area contributed by atoms with Gasteiger partial charge in [0.15, 0.2) is 0 Å². The van der Waals surface area contributed by atoms with E-state index < -0.39 is 5.60 Å². The van der Waals surface area contributed by atoms with E-state index in [2.05, 4.69) is 26.4 Å². The average Bonchev–Trinajstić information content (AvgIpc) is 3.15. The van der Waals surface area contributed by atoms with Crippen molar-refractivity contribution in [3.8, 4) is 0 Å². The normalized spacial score (nSPS) is 15.2. The molecular formula is C16H21N3OS. The average molecular weight is 303 g/mol. The molecule has 1 fully saturated rings. The molecule has 0 unspecified atom stereocenters. The van der Waals surface area contributed by atoms with Gasteiger partial charge in [0.25, 0.3) is 0 Å². The molecule has 5 heteroatoms. The molecule has 1 heterocycles. The molecule has 0 spiro atoms. The van der Waals surface area contributed by atoms with Gasteiger partial charge in [-0.2, -0.15) is 4.37 Å². The first kappa shape index (κ1) is 14.5. The highest BCUT2D eigenvalue weighted by Gasteiger charge is 2.29. The Morgan fingerprint density at radius 3 is 2.62 bits per heavy atom. The maximum atomic E-state index is 10.2. The molecule has 0 radical (unpaired) electrons. The van der Waals surface area contributed by atoms with E-state index >= 15 is 0 Å². The first-order chi connectivity index (χ1) is 10.0. The molecule has 1 saturated carbocycles. The van der Waals surface area contributed by atoms with Crippen LogP contribution in [0.25, 0.3) is 0 Å². The molecule has 112 valence electrons. The number of hydrogen-bond donors (Lipinski definition) is 1. The molecule has 0 atom stereocenters. The summed E-state index contributed by atoms with van der Waals surface area (Å²) in [6.07, 6.45) is 2.42. The summed E-state index contributed by atoms with van der Waals surface area (Å²) in [6, 6.07) is 10.3. The zero-order chi connectivity index (χ0) is 14.9. The quantitative estimate of drug-likeness (QED) is 0.890. The maximum absolute atomic E-state index is 10.2. The van der Waals surface area contributed by atoms with Crippen molar-refractivity contribution in [2.75, 3.05) is 11.4 Å². The van der Waals surface area contributed by atoms with E-state index in [0.29, 0.717) is 12.5 Å². The number of hydrogen-bond acceptors (Lipinski definition) is 5. The van der Waals surface area contributed by atoms with Crippen LogP contribution in [-0.2, 0) is 6.54 Å². The van der Waals surface area contributed by atoms with E-state index in [1.54, 1.807) is 0 Å². The maximum Gasteiger partial charge on any atom is 0.205 e. The van der Waals surface area contributed by atoms with Crippen molar-refractivity contribution >= 4 is 16.7 Å². The van der Waals surface area contributed by atoms with Crippen LogP contribution in [0, 0.1) is 0 Å². The van der Waals surface area contributed by atoms with E-state index in [1.807, 2.05) is 32.0 Å². The van der Waals surface area contributed by atoms with Gasteiger partial charge in [-0.1, -0.05) is 30.3 Å². The first-order valence-corrected chi connectivity index (χ1v) is 8.13. The Morgan fingerprint density at radius 2 is 2.00 bits per heavy atom. The van der Waals surface area contributed by atoms with Crippen LogP contribution in [0.15, 0.2) is 30.3 Å². The van der Waals surface area contributed by atoms with Crippen LogP contribution >= 0.6 is 11.5 Å². The smallest absolute Gasteiger partial charge is 0.205 e. The van der Waals surface area contributed by atoms with Crippen molar-refractivity contribution < 1.29 is 5.11 Å². The number of benzene rings is 1. The highest BCUT2D eigenvalue weighted by Crippen LogP contribution is 2.40. The lowest BCUT2D eigenvalue weighted by Crippen LogP contribution is -2.38. The summed E-state index contributed by atoms with van der Waals surface area (Å²) in [4.78, 5) is 6.80. The van der Waals surface area contributed by atoms with Crippen LogP contribution in [0.2, 0.25) is 0 Å². The zero-order valence-corrected chi connectivity index (χ0v) is 13.3. The molecular weight excluding hydrogens is 282 g/mol. The van der Waals surface area contributed by atoms with E-state index in [9.17, 15) is 5.11 Å². The van der Waals surface area contributed by atoms with Gasteiger partial charge in [-0.3, -0.25) is 0 Å². The largest absolute Gasteiger partial charge is 0.389 e. The van der Waals surface area contributed by atoms with Gasteiger partial charge in [-0.15, -0.1) is 0 Å². The summed E-state index contributed by atoms with van der Waals surface area (Å²) in [5, 5.41) is 11.1. The monoisotopic (exact) mass is 303 g/mol. The van der Waals surface area contributed by atoms with Crippen molar-refractivity contribution in [3.05, 3.63) is 41.7 Å². The fourth-order valence-electron chi connectivity index (χ4n) is 2.32. The second-order valence-electron chi connectivity index (χ2n) is 6.36. The topological polar surface area (TPSA) is 49.2 Å². The van der Waals surface area contributed by atoms with Crippen molar-refractivity contribution in [2.45, 2.75) is 44.8 Å². The Bertz CT molecular complexity index is 587. The number of anilines is 1. The van der Waals surface area contributed by atoms with Crippen LogP contribution in [0.3, 0.4) is 0 Å². The predicted octanol–water partition coefficient (Wildman–Crippen LogP) is 3.19. The minimum absolute atomic E-state index is 0.543. The van der Waals surface area contributed by atoms with E-state index in [4.69, 9.17) is 0 Å². The van der Waals surface area contributed by atoms with Gasteiger partial charge in [-0.05, 0) is 32.3 Å². The van der Waals surface area contributed by atoms with Gasteiger partial charge in [0.05, 0.1) is 5.60 Å². The molecule has 1 aromatic carbocycles. The van der Waals surface area contributed by atoms with Gasteiger partial charge in [0, 0.05) is 30.5 Å². The molecule has 21 heavy (non-hydrogen) atoms. The number of aromatic nitrogens is 2. The summed E-state index contributed by atoms with van der Waals surface area (Å²) in [6.45, 7) is 4.94. The summed E-state index contributed by atoms with van der Waals surface area (Å²) in [5.41, 5.74) is 0.449. The first-order valence-electron chi connectivity index (χ1n) is 7.36. The molecule has 0 bridgehead atoms. The van der Waals surface area contributed by atoms with Gasteiger partial charge >= 0.3 is 0 Å². The summed E-state index contributed by atoms with van der Waals surface area (Å²) in [7, 11) is 0. The molecule has 0 amide bonds. The van der Waals surface area contributed by atoms with Crippen LogP contribution in [0.5, 0.6) is 0 Å².